The number of carboxylic acids is 1. The van der Waals surface area contributed by atoms with Crippen molar-refractivity contribution in [1.82, 2.24) is 0 Å². The minimum atomic E-state index is -0.962. The second-order valence-electron chi connectivity index (χ2n) is 4.50. The number of unbranched alkanes of at least 4 members (excludes halogenated alkanes) is 1. The van der Waals surface area contributed by atoms with Gasteiger partial charge in [-0.3, -0.25) is 9.59 Å². The molecule has 0 aliphatic carbocycles. The highest BCUT2D eigenvalue weighted by Crippen LogP contribution is 2.13. The fourth-order valence-electron chi connectivity index (χ4n) is 1.74. The second kappa shape index (κ2) is 8.29. The van der Waals surface area contributed by atoms with Crippen molar-refractivity contribution in [2.75, 3.05) is 6.61 Å². The van der Waals surface area contributed by atoms with Gasteiger partial charge in [0.15, 0.2) is 0 Å². The zero-order valence-electron chi connectivity index (χ0n) is 11.2. The molecule has 0 aliphatic rings. The van der Waals surface area contributed by atoms with Gasteiger partial charge in [0.2, 0.25) is 0 Å². The van der Waals surface area contributed by atoms with Crippen molar-refractivity contribution < 1.29 is 19.4 Å². The van der Waals surface area contributed by atoms with Crippen LogP contribution >= 0.6 is 0 Å². The van der Waals surface area contributed by atoms with Gasteiger partial charge in [-0.1, -0.05) is 43.7 Å². The van der Waals surface area contributed by atoms with Crippen molar-refractivity contribution in [2.24, 2.45) is 5.92 Å². The van der Waals surface area contributed by atoms with Crippen molar-refractivity contribution in [3.8, 4) is 0 Å². The Hall–Kier alpha value is -1.84. The maximum atomic E-state index is 11.5. The van der Waals surface area contributed by atoms with Gasteiger partial charge in [-0.25, -0.2) is 0 Å². The van der Waals surface area contributed by atoms with Crippen LogP contribution in [-0.2, 0) is 20.7 Å². The van der Waals surface area contributed by atoms with Crippen molar-refractivity contribution in [3.05, 3.63) is 35.9 Å². The molecule has 0 heterocycles. The number of ether oxygens (including phenoxy) is 1. The van der Waals surface area contributed by atoms with Gasteiger partial charge in [0, 0.05) is 0 Å². The number of carbonyl (C=O) groups excluding carboxylic acids is 1. The van der Waals surface area contributed by atoms with E-state index < -0.39 is 17.9 Å². The quantitative estimate of drug-likeness (QED) is 0.579. The van der Waals surface area contributed by atoms with Gasteiger partial charge in [-0.2, -0.15) is 0 Å². The first-order valence-electron chi connectivity index (χ1n) is 6.55. The van der Waals surface area contributed by atoms with Crippen molar-refractivity contribution >= 4 is 11.9 Å². The monoisotopic (exact) mass is 264 g/mol. The molecule has 1 aromatic carbocycles. The lowest BCUT2D eigenvalue weighted by Crippen LogP contribution is -2.21. The Morgan fingerprint density at radius 3 is 2.53 bits per heavy atom. The summed E-state index contributed by atoms with van der Waals surface area (Å²) in [6, 6.07) is 9.30. The van der Waals surface area contributed by atoms with E-state index in [1.807, 2.05) is 37.3 Å². The predicted octanol–water partition coefficient (Wildman–Crippen LogP) is 2.66. The summed E-state index contributed by atoms with van der Waals surface area (Å²) in [6.07, 6.45) is 2.02. The smallest absolute Gasteiger partial charge is 0.307 e. The fraction of sp³-hybridized carbons (Fsp3) is 0.467. The topological polar surface area (TPSA) is 63.6 Å². The number of carboxylic acid groups (broad SMARTS) is 1. The normalized spacial score (nSPS) is 11.8. The molecule has 4 nitrogen and oxygen atoms in total. The summed E-state index contributed by atoms with van der Waals surface area (Å²) in [5.74, 6) is -2.12. The van der Waals surface area contributed by atoms with Crippen molar-refractivity contribution in [2.45, 2.75) is 32.6 Å². The van der Waals surface area contributed by atoms with Crippen molar-refractivity contribution in [3.63, 3.8) is 0 Å². The molecule has 0 aliphatic heterocycles. The molecular formula is C15H20O4. The van der Waals surface area contributed by atoms with Gasteiger partial charge >= 0.3 is 11.9 Å². The summed E-state index contributed by atoms with van der Waals surface area (Å²) in [5.41, 5.74) is 0.913. The van der Waals surface area contributed by atoms with Crippen LogP contribution < -0.4 is 0 Å². The van der Waals surface area contributed by atoms with Crippen LogP contribution in [0.5, 0.6) is 0 Å². The molecule has 1 aromatic rings. The Morgan fingerprint density at radius 1 is 1.26 bits per heavy atom. The Balaban J connectivity index is 2.49. The summed E-state index contributed by atoms with van der Waals surface area (Å²) < 4.78 is 5.00. The lowest BCUT2D eigenvalue weighted by atomic mass is 9.96. The molecule has 1 N–H and O–H groups in total. The summed E-state index contributed by atoms with van der Waals surface area (Å²) in [7, 11) is 0. The van der Waals surface area contributed by atoms with Crippen LogP contribution in [0.4, 0.5) is 0 Å². The zero-order valence-corrected chi connectivity index (χ0v) is 11.2. The lowest BCUT2D eigenvalue weighted by molar-refractivity contribution is -0.151. The number of benzene rings is 1. The van der Waals surface area contributed by atoms with Crippen LogP contribution in [-0.4, -0.2) is 23.7 Å². The Bertz CT molecular complexity index is 400. The highest BCUT2D eigenvalue weighted by atomic mass is 16.5. The standard InChI is InChI=1S/C15H20O4/c1-2-3-9-19-14(16)11-13(15(17)18)10-12-7-5-4-6-8-12/h4-8,13H,2-3,9-11H2,1H3,(H,17,18)/t13-/m0/s1. The van der Waals surface area contributed by atoms with E-state index >= 15 is 0 Å². The second-order valence-corrected chi connectivity index (χ2v) is 4.50. The van der Waals surface area contributed by atoms with E-state index in [2.05, 4.69) is 0 Å². The molecule has 0 saturated heterocycles. The number of esters is 1. The molecule has 104 valence electrons. The first kappa shape index (κ1) is 15.2. The maximum absolute atomic E-state index is 11.5. The molecule has 0 saturated carbocycles. The Labute approximate surface area is 113 Å². The number of hydrogen-bond donors (Lipinski definition) is 1. The zero-order chi connectivity index (χ0) is 14.1. The molecule has 19 heavy (non-hydrogen) atoms. The van der Waals surface area contributed by atoms with E-state index in [1.54, 1.807) is 0 Å². The molecular weight excluding hydrogens is 244 g/mol. The minimum Gasteiger partial charge on any atom is -0.481 e. The lowest BCUT2D eigenvalue weighted by Gasteiger charge is -2.12. The number of hydrogen-bond acceptors (Lipinski definition) is 3. The number of aliphatic carboxylic acids is 1. The van der Waals surface area contributed by atoms with E-state index in [-0.39, 0.29) is 6.42 Å². The van der Waals surface area contributed by atoms with Crippen LogP contribution in [0.1, 0.15) is 31.7 Å². The summed E-state index contributed by atoms with van der Waals surface area (Å²) in [5, 5.41) is 9.15. The Kier molecular flexibility index (Phi) is 6.64. The number of rotatable bonds is 8. The van der Waals surface area contributed by atoms with E-state index in [1.165, 1.54) is 0 Å². The molecule has 0 radical (unpaired) electrons. The van der Waals surface area contributed by atoms with Gasteiger partial charge in [-0.05, 0) is 18.4 Å². The first-order valence-corrected chi connectivity index (χ1v) is 6.55. The average molecular weight is 264 g/mol. The van der Waals surface area contributed by atoms with Gasteiger partial charge in [0.1, 0.15) is 0 Å². The fourth-order valence-corrected chi connectivity index (χ4v) is 1.74. The van der Waals surface area contributed by atoms with Crippen molar-refractivity contribution in [1.29, 1.82) is 0 Å². The minimum absolute atomic E-state index is 0.0755. The molecule has 0 spiro atoms. The molecule has 1 rings (SSSR count). The van der Waals surface area contributed by atoms with E-state index in [9.17, 15) is 9.59 Å². The SMILES string of the molecule is CCCCOC(=O)C[C@H](Cc1ccccc1)C(=O)O. The van der Waals surface area contributed by atoms with Gasteiger partial charge in [0.25, 0.3) is 0 Å². The van der Waals surface area contributed by atoms with Crippen LogP contribution in [0.15, 0.2) is 30.3 Å². The first-order chi connectivity index (χ1) is 9.13. The van der Waals surface area contributed by atoms with E-state index in [0.29, 0.717) is 13.0 Å². The molecule has 4 heteroatoms. The molecule has 0 amide bonds. The third-order valence-electron chi connectivity index (χ3n) is 2.85. The molecule has 0 fully saturated rings. The van der Waals surface area contributed by atoms with Crippen LogP contribution in [0.25, 0.3) is 0 Å². The molecule has 0 unspecified atom stereocenters. The highest BCUT2D eigenvalue weighted by molar-refractivity contribution is 5.79. The largest absolute Gasteiger partial charge is 0.481 e. The van der Waals surface area contributed by atoms with Crippen LogP contribution in [0.2, 0.25) is 0 Å². The third-order valence-corrected chi connectivity index (χ3v) is 2.85. The average Bonchev–Trinajstić information content (AvgIpc) is 2.39. The third kappa shape index (κ3) is 6.04. The van der Waals surface area contributed by atoms with Crippen LogP contribution in [0.3, 0.4) is 0 Å². The van der Waals surface area contributed by atoms with E-state index in [0.717, 1.165) is 18.4 Å². The molecule has 1 atom stereocenters. The van der Waals surface area contributed by atoms with Gasteiger partial charge in [-0.15, -0.1) is 0 Å². The molecule has 0 aromatic heterocycles. The summed E-state index contributed by atoms with van der Waals surface area (Å²) >= 11 is 0. The van der Waals surface area contributed by atoms with E-state index in [4.69, 9.17) is 9.84 Å². The number of carbonyl (C=O) groups is 2. The highest BCUT2D eigenvalue weighted by Gasteiger charge is 2.22. The van der Waals surface area contributed by atoms with Crippen LogP contribution in [0, 0.1) is 5.92 Å². The summed E-state index contributed by atoms with van der Waals surface area (Å²) in [6.45, 7) is 2.37. The van der Waals surface area contributed by atoms with Gasteiger partial charge in [0.05, 0.1) is 18.9 Å². The summed E-state index contributed by atoms with van der Waals surface area (Å²) in [4.78, 5) is 22.7. The predicted molar refractivity (Wildman–Crippen MR) is 71.8 cm³/mol. The van der Waals surface area contributed by atoms with Gasteiger partial charge < -0.3 is 9.84 Å². The Morgan fingerprint density at radius 2 is 1.95 bits per heavy atom. The maximum Gasteiger partial charge on any atom is 0.307 e. The molecule has 0 bridgehead atoms.